The van der Waals surface area contributed by atoms with Crippen LogP contribution >= 0.6 is 11.8 Å². The molecule has 2 heterocycles. The number of anilines is 1. The van der Waals surface area contributed by atoms with Gasteiger partial charge in [0.15, 0.2) is 0 Å². The quantitative estimate of drug-likeness (QED) is 0.347. The number of nitrogens with two attached hydrogens (primary N) is 1. The molecule has 0 aliphatic carbocycles. The zero-order valence-electron chi connectivity index (χ0n) is 17.8. The van der Waals surface area contributed by atoms with E-state index in [1.165, 1.54) is 0 Å². The van der Waals surface area contributed by atoms with E-state index >= 15 is 0 Å². The van der Waals surface area contributed by atoms with Gasteiger partial charge in [0.2, 0.25) is 0 Å². The first kappa shape index (κ1) is 22.5. The molecule has 1 aromatic rings. The number of aliphatic carboxylic acids is 1. The number of esters is 1. The number of nitrogens with zero attached hydrogens (tertiary/aromatic N) is 1. The number of cyclic esters (lactones) is 1. The minimum atomic E-state index is -0.761. The van der Waals surface area contributed by atoms with E-state index in [0.717, 1.165) is 47.0 Å². The second-order valence-electron chi connectivity index (χ2n) is 7.92. The van der Waals surface area contributed by atoms with Gasteiger partial charge in [-0.1, -0.05) is 11.6 Å². The van der Waals surface area contributed by atoms with E-state index in [1.807, 2.05) is 31.7 Å². The monoisotopic (exact) mass is 434 g/mol. The van der Waals surface area contributed by atoms with Gasteiger partial charge < -0.3 is 20.3 Å². The molecule has 3 rings (SSSR count). The van der Waals surface area contributed by atoms with Crippen molar-refractivity contribution < 1.29 is 24.2 Å². The Morgan fingerprint density at radius 2 is 2.23 bits per heavy atom. The number of carboxylic acids is 1. The molecule has 1 atom stereocenters. The average molecular weight is 435 g/mol. The third kappa shape index (κ3) is 4.75. The van der Waals surface area contributed by atoms with Gasteiger partial charge in [0, 0.05) is 29.3 Å². The lowest BCUT2D eigenvalue weighted by Gasteiger charge is -2.19. The first-order valence-corrected chi connectivity index (χ1v) is 11.3. The molecule has 1 unspecified atom stereocenters. The molecule has 2 aliphatic rings. The minimum absolute atomic E-state index is 0.214. The third-order valence-corrected chi connectivity index (χ3v) is 6.93. The van der Waals surface area contributed by atoms with E-state index in [2.05, 4.69) is 4.90 Å². The van der Waals surface area contributed by atoms with Crippen LogP contribution in [0.4, 0.5) is 5.69 Å². The summed E-state index contributed by atoms with van der Waals surface area (Å²) in [5.41, 5.74) is 10.5. The first-order valence-electron chi connectivity index (χ1n) is 10.2. The number of thioether (sulfide) groups is 1. The van der Waals surface area contributed by atoms with Gasteiger partial charge >= 0.3 is 11.9 Å². The molecule has 1 fully saturated rings. The van der Waals surface area contributed by atoms with Crippen LogP contribution < -0.4 is 10.5 Å². The Bertz CT molecular complexity index is 862. The SMILES string of the molecule is COc1c(C)c2c(c(N)c1C/C=C(\C)CC(CCN1CCSC1)C(=O)O)C(=O)OC2. The fraction of sp³-hybridized carbons (Fsp3) is 0.545. The van der Waals surface area contributed by atoms with E-state index in [4.69, 9.17) is 15.2 Å². The molecule has 0 spiro atoms. The van der Waals surface area contributed by atoms with Crippen LogP contribution in [0.5, 0.6) is 5.75 Å². The van der Waals surface area contributed by atoms with Gasteiger partial charge in [0.05, 0.1) is 24.3 Å². The molecular weight excluding hydrogens is 404 g/mol. The molecule has 2 aliphatic heterocycles. The standard InChI is InChI=1S/C22H30N2O5S/c1-13(10-15(21(25)26)6-7-24-8-9-30-12-24)4-5-16-19(23)18-17(11-29-22(18)27)14(2)20(16)28-3/h4,15H,5-12,23H2,1-3H3,(H,25,26)/b13-4+. The van der Waals surface area contributed by atoms with Crippen molar-refractivity contribution in [2.45, 2.75) is 39.7 Å². The maximum absolute atomic E-state index is 12.1. The predicted octanol–water partition coefficient (Wildman–Crippen LogP) is 3.23. The fourth-order valence-electron chi connectivity index (χ4n) is 4.12. The maximum atomic E-state index is 12.1. The van der Waals surface area contributed by atoms with Gasteiger partial charge in [-0.2, -0.15) is 0 Å². The number of rotatable bonds is 9. The van der Waals surface area contributed by atoms with Crippen molar-refractivity contribution in [3.05, 3.63) is 33.9 Å². The summed E-state index contributed by atoms with van der Waals surface area (Å²) < 4.78 is 10.7. The summed E-state index contributed by atoms with van der Waals surface area (Å²) in [4.78, 5) is 26.1. The van der Waals surface area contributed by atoms with Crippen LogP contribution in [-0.2, 0) is 22.6 Å². The van der Waals surface area contributed by atoms with Crippen LogP contribution in [0.2, 0.25) is 0 Å². The van der Waals surface area contributed by atoms with Gasteiger partial charge in [-0.3, -0.25) is 9.69 Å². The van der Waals surface area contributed by atoms with E-state index in [9.17, 15) is 14.7 Å². The van der Waals surface area contributed by atoms with Gasteiger partial charge in [-0.15, -0.1) is 11.8 Å². The molecule has 0 saturated carbocycles. The van der Waals surface area contributed by atoms with Gasteiger partial charge in [-0.05, 0) is 45.2 Å². The largest absolute Gasteiger partial charge is 0.496 e. The van der Waals surface area contributed by atoms with Crippen molar-refractivity contribution in [3.8, 4) is 5.75 Å². The minimum Gasteiger partial charge on any atom is -0.496 e. The summed E-state index contributed by atoms with van der Waals surface area (Å²) in [6, 6.07) is 0. The maximum Gasteiger partial charge on any atom is 0.341 e. The number of ether oxygens (including phenoxy) is 2. The van der Waals surface area contributed by atoms with Crippen molar-refractivity contribution in [1.29, 1.82) is 0 Å². The summed E-state index contributed by atoms with van der Waals surface area (Å²) in [6.45, 7) is 5.90. The summed E-state index contributed by atoms with van der Waals surface area (Å²) in [5, 5.41) is 9.64. The molecule has 8 heteroatoms. The highest BCUT2D eigenvalue weighted by Crippen LogP contribution is 2.39. The van der Waals surface area contributed by atoms with Crippen LogP contribution in [0.25, 0.3) is 0 Å². The van der Waals surface area contributed by atoms with Gasteiger partial charge in [0.25, 0.3) is 0 Å². The molecule has 0 amide bonds. The fourth-order valence-corrected chi connectivity index (χ4v) is 5.15. The lowest BCUT2D eigenvalue weighted by atomic mass is 9.92. The lowest BCUT2D eigenvalue weighted by Crippen LogP contribution is -2.25. The summed E-state index contributed by atoms with van der Waals surface area (Å²) >= 11 is 1.89. The van der Waals surface area contributed by atoms with Crippen LogP contribution in [0, 0.1) is 12.8 Å². The van der Waals surface area contributed by atoms with E-state index in [1.54, 1.807) is 7.11 Å². The molecule has 7 nitrogen and oxygen atoms in total. The molecule has 1 saturated heterocycles. The Morgan fingerprint density at radius 3 is 2.87 bits per heavy atom. The normalized spacial score (nSPS) is 17.7. The number of hydrogen-bond donors (Lipinski definition) is 2. The van der Waals surface area contributed by atoms with Gasteiger partial charge in [0.1, 0.15) is 12.4 Å². The Labute approximate surface area is 181 Å². The van der Waals surface area contributed by atoms with Crippen molar-refractivity contribution in [1.82, 2.24) is 4.90 Å². The number of carbonyl (C=O) groups is 2. The molecule has 0 radical (unpaired) electrons. The van der Waals surface area contributed by atoms with E-state index < -0.39 is 17.9 Å². The van der Waals surface area contributed by atoms with Crippen molar-refractivity contribution in [2.75, 3.05) is 37.6 Å². The average Bonchev–Trinajstić information content (AvgIpc) is 3.36. The number of benzene rings is 1. The molecule has 164 valence electrons. The topological polar surface area (TPSA) is 102 Å². The van der Waals surface area contributed by atoms with Gasteiger partial charge in [-0.25, -0.2) is 4.79 Å². The number of allylic oxidation sites excluding steroid dienone is 2. The predicted molar refractivity (Wildman–Crippen MR) is 118 cm³/mol. The Hall–Kier alpha value is -2.19. The van der Waals surface area contributed by atoms with Crippen molar-refractivity contribution >= 4 is 29.4 Å². The highest BCUT2D eigenvalue weighted by atomic mass is 32.2. The molecule has 3 N–H and O–H groups in total. The Morgan fingerprint density at radius 1 is 1.47 bits per heavy atom. The summed E-state index contributed by atoms with van der Waals surface area (Å²) in [6.07, 6.45) is 3.58. The number of hydrogen-bond acceptors (Lipinski definition) is 7. The van der Waals surface area contributed by atoms with Crippen LogP contribution in [0.1, 0.15) is 46.8 Å². The molecule has 0 aromatic heterocycles. The number of methoxy groups -OCH3 is 1. The van der Waals surface area contributed by atoms with Crippen LogP contribution in [-0.4, -0.2) is 53.8 Å². The van der Waals surface area contributed by atoms with Crippen molar-refractivity contribution in [2.24, 2.45) is 5.92 Å². The molecule has 30 heavy (non-hydrogen) atoms. The number of nitrogen functional groups attached to an aromatic ring is 1. The van der Waals surface area contributed by atoms with E-state index in [0.29, 0.717) is 36.3 Å². The lowest BCUT2D eigenvalue weighted by molar-refractivity contribution is -0.142. The molecule has 0 bridgehead atoms. The zero-order chi connectivity index (χ0) is 21.8. The number of carboxylic acid groups (broad SMARTS) is 1. The Balaban J connectivity index is 1.74. The highest BCUT2D eigenvalue weighted by molar-refractivity contribution is 7.99. The van der Waals surface area contributed by atoms with Crippen molar-refractivity contribution in [3.63, 3.8) is 0 Å². The number of fused-ring (bicyclic) bond motifs is 1. The van der Waals surface area contributed by atoms with E-state index in [-0.39, 0.29) is 6.61 Å². The second kappa shape index (κ2) is 9.75. The molecule has 1 aromatic carbocycles. The summed E-state index contributed by atoms with van der Waals surface area (Å²) in [5.74, 6) is 1.19. The highest BCUT2D eigenvalue weighted by Gasteiger charge is 2.30. The second-order valence-corrected chi connectivity index (χ2v) is 8.99. The smallest absolute Gasteiger partial charge is 0.341 e. The Kier molecular flexibility index (Phi) is 7.31. The first-order chi connectivity index (χ1) is 14.3. The number of carbonyl (C=O) groups excluding carboxylic acids is 1. The van der Waals surface area contributed by atoms with Crippen LogP contribution in [0.15, 0.2) is 11.6 Å². The molecular formula is C22H30N2O5S. The van der Waals surface area contributed by atoms with Crippen LogP contribution in [0.3, 0.4) is 0 Å². The summed E-state index contributed by atoms with van der Waals surface area (Å²) in [7, 11) is 1.59. The third-order valence-electron chi connectivity index (χ3n) is 5.91. The zero-order valence-corrected chi connectivity index (χ0v) is 18.6.